The van der Waals surface area contributed by atoms with E-state index in [1.807, 2.05) is 31.6 Å². The van der Waals surface area contributed by atoms with Crippen LogP contribution in [0.15, 0.2) is 43.0 Å². The molecule has 2 aromatic rings. The van der Waals surface area contributed by atoms with Gasteiger partial charge in [0.15, 0.2) is 0 Å². The first-order chi connectivity index (χ1) is 8.40. The molecule has 0 radical (unpaired) electrons. The van der Waals surface area contributed by atoms with Gasteiger partial charge in [-0.2, -0.15) is 0 Å². The predicted octanol–water partition coefficient (Wildman–Crippen LogP) is 2.33. The molecule has 2 rings (SSSR count). The van der Waals surface area contributed by atoms with Gasteiger partial charge in [0.2, 0.25) is 6.33 Å². The van der Waals surface area contributed by atoms with E-state index in [1.165, 1.54) is 5.56 Å². The van der Waals surface area contributed by atoms with Crippen LogP contribution in [0.4, 0.5) is 0 Å². The molecule has 17 heavy (non-hydrogen) atoms. The number of nitrogens with zero attached hydrogens (tertiary/aromatic N) is 1. The Labute approximate surface area is 102 Å². The number of aryl methyl sites for hydroxylation is 2. The van der Waals surface area contributed by atoms with Crippen LogP contribution in [0.3, 0.4) is 0 Å². The molecule has 1 N–H and O–H groups in total. The van der Waals surface area contributed by atoms with Gasteiger partial charge in [0.25, 0.3) is 0 Å². The number of imidazole rings is 1. The smallest absolute Gasteiger partial charge is 0.241 e. The molecule has 0 spiro atoms. The summed E-state index contributed by atoms with van der Waals surface area (Å²) in [5, 5.41) is 0. The number of hydrogen-bond donors (Lipinski definition) is 1. The second-order valence-corrected chi connectivity index (χ2v) is 3.99. The van der Waals surface area contributed by atoms with Gasteiger partial charge in [0.05, 0.1) is 13.2 Å². The Hall–Kier alpha value is -1.77. The topological polar surface area (TPSA) is 28.9 Å². The molecule has 0 bridgehead atoms. The lowest BCUT2D eigenvalue weighted by atomic mass is 10.1. The minimum atomic E-state index is 0.726. The van der Waals surface area contributed by atoms with E-state index >= 15 is 0 Å². The summed E-state index contributed by atoms with van der Waals surface area (Å²) in [6.07, 6.45) is 8.14. The van der Waals surface area contributed by atoms with Gasteiger partial charge in [0.1, 0.15) is 18.1 Å². The number of aromatic nitrogens is 2. The van der Waals surface area contributed by atoms with Crippen LogP contribution in [0.1, 0.15) is 18.9 Å². The fourth-order valence-corrected chi connectivity index (χ4v) is 1.92. The zero-order valence-corrected chi connectivity index (χ0v) is 10.2. The maximum Gasteiger partial charge on any atom is 0.241 e. The summed E-state index contributed by atoms with van der Waals surface area (Å²) >= 11 is 0. The summed E-state index contributed by atoms with van der Waals surface area (Å²) in [6.45, 7) is 3.78. The lowest BCUT2D eigenvalue weighted by molar-refractivity contribution is -0.696. The van der Waals surface area contributed by atoms with Crippen LogP contribution in [0.5, 0.6) is 5.75 Å². The summed E-state index contributed by atoms with van der Waals surface area (Å²) in [5.74, 6) is 1.02. The highest BCUT2D eigenvalue weighted by atomic mass is 16.5. The first kappa shape index (κ1) is 11.7. The third-order valence-electron chi connectivity index (χ3n) is 2.74. The van der Waals surface area contributed by atoms with Crippen molar-refractivity contribution in [3.63, 3.8) is 0 Å². The van der Waals surface area contributed by atoms with Gasteiger partial charge in [-0.25, -0.2) is 4.57 Å². The van der Waals surface area contributed by atoms with E-state index < -0.39 is 0 Å². The van der Waals surface area contributed by atoms with Crippen molar-refractivity contribution in [3.05, 3.63) is 48.5 Å². The van der Waals surface area contributed by atoms with Crippen LogP contribution in [-0.2, 0) is 13.0 Å². The van der Waals surface area contributed by atoms with Crippen LogP contribution in [0.2, 0.25) is 0 Å². The van der Waals surface area contributed by atoms with Crippen molar-refractivity contribution in [3.8, 4) is 5.75 Å². The zero-order chi connectivity index (χ0) is 11.9. The Morgan fingerprint density at radius 2 is 2.18 bits per heavy atom. The Balaban J connectivity index is 1.89. The first-order valence-corrected chi connectivity index (χ1v) is 6.12. The molecule has 90 valence electrons. The molecular formula is C14H19N2O+. The quantitative estimate of drug-likeness (QED) is 0.760. The van der Waals surface area contributed by atoms with Crippen LogP contribution in [0.25, 0.3) is 0 Å². The fraction of sp³-hybridized carbons (Fsp3) is 0.357. The number of H-pyrrole nitrogens is 1. The lowest BCUT2D eigenvalue weighted by Gasteiger charge is -2.09. The van der Waals surface area contributed by atoms with Crippen LogP contribution >= 0.6 is 0 Å². The number of benzene rings is 1. The fourth-order valence-electron chi connectivity index (χ4n) is 1.92. The maximum atomic E-state index is 5.61. The molecule has 0 atom stereocenters. The van der Waals surface area contributed by atoms with Gasteiger partial charge in [-0.15, -0.1) is 0 Å². The molecule has 0 aliphatic carbocycles. The molecular weight excluding hydrogens is 212 g/mol. The molecule has 0 aliphatic heterocycles. The molecule has 3 heteroatoms. The monoisotopic (exact) mass is 231 g/mol. The Morgan fingerprint density at radius 3 is 2.94 bits per heavy atom. The summed E-state index contributed by atoms with van der Waals surface area (Å²) in [5.41, 5.74) is 1.30. The molecule has 1 heterocycles. The Morgan fingerprint density at radius 1 is 1.29 bits per heavy atom. The molecule has 1 aromatic heterocycles. The van der Waals surface area contributed by atoms with Gasteiger partial charge in [-0.3, -0.25) is 4.98 Å². The van der Waals surface area contributed by atoms with E-state index in [0.717, 1.165) is 31.7 Å². The number of rotatable bonds is 6. The molecule has 3 nitrogen and oxygen atoms in total. The summed E-state index contributed by atoms with van der Waals surface area (Å²) in [4.78, 5) is 3.05. The third-order valence-corrected chi connectivity index (χ3v) is 2.74. The van der Waals surface area contributed by atoms with Crippen molar-refractivity contribution in [2.24, 2.45) is 0 Å². The Bertz CT molecular complexity index is 437. The van der Waals surface area contributed by atoms with Crippen molar-refractivity contribution in [1.29, 1.82) is 0 Å². The van der Waals surface area contributed by atoms with E-state index in [9.17, 15) is 0 Å². The largest absolute Gasteiger partial charge is 0.494 e. The van der Waals surface area contributed by atoms with Gasteiger partial charge in [0, 0.05) is 0 Å². The molecule has 0 saturated heterocycles. The summed E-state index contributed by atoms with van der Waals surface area (Å²) in [6, 6.07) is 8.28. The average Bonchev–Trinajstić information content (AvgIpc) is 2.85. The normalized spacial score (nSPS) is 10.4. The third kappa shape index (κ3) is 3.34. The number of nitrogens with one attached hydrogen (secondary N) is 1. The second kappa shape index (κ2) is 6.09. The van der Waals surface area contributed by atoms with E-state index in [4.69, 9.17) is 4.74 Å². The second-order valence-electron chi connectivity index (χ2n) is 3.99. The van der Waals surface area contributed by atoms with E-state index in [0.29, 0.717) is 0 Å². The highest BCUT2D eigenvalue weighted by molar-refractivity contribution is 5.33. The van der Waals surface area contributed by atoms with E-state index in [1.54, 1.807) is 0 Å². The summed E-state index contributed by atoms with van der Waals surface area (Å²) < 4.78 is 7.77. The molecule has 0 unspecified atom stereocenters. The maximum absolute atomic E-state index is 5.61. The molecule has 0 fully saturated rings. The molecule has 0 aliphatic rings. The van der Waals surface area contributed by atoms with Crippen LogP contribution in [-0.4, -0.2) is 11.6 Å². The van der Waals surface area contributed by atoms with Crippen molar-refractivity contribution < 1.29 is 9.30 Å². The van der Waals surface area contributed by atoms with Crippen molar-refractivity contribution >= 4 is 0 Å². The number of aromatic amines is 1. The van der Waals surface area contributed by atoms with Crippen molar-refractivity contribution in [1.82, 2.24) is 4.98 Å². The summed E-state index contributed by atoms with van der Waals surface area (Å²) in [7, 11) is 0. The molecule has 0 amide bonds. The zero-order valence-electron chi connectivity index (χ0n) is 10.2. The van der Waals surface area contributed by atoms with Crippen molar-refractivity contribution in [2.45, 2.75) is 26.3 Å². The van der Waals surface area contributed by atoms with Crippen LogP contribution < -0.4 is 9.30 Å². The molecule has 0 saturated carbocycles. The van der Waals surface area contributed by atoms with Crippen LogP contribution in [0, 0.1) is 0 Å². The SMILES string of the molecule is CCOc1ccccc1CCC[n+]1cc[nH]c1. The predicted molar refractivity (Wildman–Crippen MR) is 66.9 cm³/mol. The van der Waals surface area contributed by atoms with Gasteiger partial charge in [-0.1, -0.05) is 18.2 Å². The minimum absolute atomic E-state index is 0.726. The highest BCUT2D eigenvalue weighted by Crippen LogP contribution is 2.19. The average molecular weight is 231 g/mol. The Kier molecular flexibility index (Phi) is 4.19. The number of hydrogen-bond acceptors (Lipinski definition) is 1. The van der Waals surface area contributed by atoms with E-state index in [2.05, 4.69) is 27.9 Å². The lowest BCUT2D eigenvalue weighted by Crippen LogP contribution is -2.30. The van der Waals surface area contributed by atoms with E-state index in [-0.39, 0.29) is 0 Å². The standard InChI is InChI=1S/C14H18N2O/c1-2-17-14-8-4-3-6-13(14)7-5-10-16-11-9-15-12-16/h3-4,6,8-9,11-12H,2,5,7,10H2,1H3/p+1. The van der Waals surface area contributed by atoms with Gasteiger partial charge >= 0.3 is 0 Å². The first-order valence-electron chi connectivity index (χ1n) is 6.12. The highest BCUT2D eigenvalue weighted by Gasteiger charge is 2.03. The number of ether oxygens (including phenoxy) is 1. The molecule has 1 aromatic carbocycles. The minimum Gasteiger partial charge on any atom is -0.494 e. The van der Waals surface area contributed by atoms with Gasteiger partial charge in [-0.05, 0) is 31.4 Å². The number of para-hydroxylation sites is 1. The van der Waals surface area contributed by atoms with Gasteiger partial charge < -0.3 is 4.74 Å². The van der Waals surface area contributed by atoms with Crippen molar-refractivity contribution in [2.75, 3.05) is 6.61 Å².